The number of hydrogen-bond donors (Lipinski definition) is 0. The van der Waals surface area contributed by atoms with Crippen molar-refractivity contribution < 1.29 is 4.74 Å². The van der Waals surface area contributed by atoms with E-state index in [2.05, 4.69) is 37.8 Å². The van der Waals surface area contributed by atoms with Crippen LogP contribution in [0.5, 0.6) is 0 Å². The molecule has 0 aliphatic rings. The molecule has 0 saturated carbocycles. The average molecular weight is 258 g/mol. The fourth-order valence-corrected chi connectivity index (χ4v) is 1.39. The first kappa shape index (κ1) is 17.2. The van der Waals surface area contributed by atoms with Crippen molar-refractivity contribution in [2.45, 2.75) is 41.2 Å². The molecule has 1 nitrogen and oxygen atoms in total. The van der Waals surface area contributed by atoms with Crippen LogP contribution in [-0.2, 0) is 11.3 Å². The minimum atomic E-state index is 0.588. The van der Waals surface area contributed by atoms with Gasteiger partial charge in [0.15, 0.2) is 0 Å². The van der Waals surface area contributed by atoms with E-state index in [4.69, 9.17) is 4.74 Å². The largest absolute Gasteiger partial charge is 0.489 e. The smallest absolute Gasteiger partial charge is 0.122 e. The Balaban J connectivity index is 0.00000154. The molecule has 1 aromatic rings. The van der Waals surface area contributed by atoms with Gasteiger partial charge in [-0.1, -0.05) is 62.4 Å². The van der Waals surface area contributed by atoms with E-state index in [-0.39, 0.29) is 0 Å². The number of ether oxygens (including phenoxy) is 1. The lowest BCUT2D eigenvalue weighted by molar-refractivity contribution is 0.208. The molecule has 0 N–H and O–H groups in total. The maximum atomic E-state index is 5.78. The second-order valence-corrected chi connectivity index (χ2v) is 4.03. The van der Waals surface area contributed by atoms with Gasteiger partial charge in [-0.15, -0.1) is 0 Å². The molecule has 0 fully saturated rings. The van der Waals surface area contributed by atoms with Crippen LogP contribution in [0.25, 0.3) is 0 Å². The molecule has 0 bridgehead atoms. The van der Waals surface area contributed by atoms with Crippen molar-refractivity contribution in [3.05, 3.63) is 71.5 Å². The van der Waals surface area contributed by atoms with Crippen LogP contribution in [0.3, 0.4) is 0 Å². The molecular weight excluding hydrogens is 232 g/mol. The fourth-order valence-electron chi connectivity index (χ4n) is 1.39. The Morgan fingerprint density at radius 3 is 2.26 bits per heavy atom. The molecule has 104 valence electrons. The van der Waals surface area contributed by atoms with Crippen molar-refractivity contribution in [2.24, 2.45) is 0 Å². The highest BCUT2D eigenvalue weighted by Crippen LogP contribution is 2.13. The standard InChI is InChI=1S/C16H20O.C2H6/c1-5-7-16(14(4)6-2)17-12-15-10-8-13(3)9-11-15;1-2/h5-11H,2,12H2,1,3-4H3;1-2H3/b7-5-,16-14+;. The lowest BCUT2D eigenvalue weighted by Crippen LogP contribution is -1.94. The highest BCUT2D eigenvalue weighted by atomic mass is 16.5. The maximum Gasteiger partial charge on any atom is 0.122 e. The van der Waals surface area contributed by atoms with Gasteiger partial charge in [0.2, 0.25) is 0 Å². The fraction of sp³-hybridized carbons (Fsp3) is 0.333. The quantitative estimate of drug-likeness (QED) is 0.495. The summed E-state index contributed by atoms with van der Waals surface area (Å²) in [6.45, 7) is 14.4. The SMILES string of the molecule is C=C/C(C)=C(\C=C/C)OCc1ccc(C)cc1.CC. The maximum absolute atomic E-state index is 5.78. The molecule has 0 unspecified atom stereocenters. The van der Waals surface area contributed by atoms with Crippen molar-refractivity contribution in [3.8, 4) is 0 Å². The average Bonchev–Trinajstić information content (AvgIpc) is 2.46. The summed E-state index contributed by atoms with van der Waals surface area (Å²) in [6, 6.07) is 8.37. The molecule has 0 radical (unpaired) electrons. The molecule has 0 amide bonds. The molecule has 1 aromatic carbocycles. The second kappa shape index (κ2) is 10.2. The summed E-state index contributed by atoms with van der Waals surface area (Å²) >= 11 is 0. The summed E-state index contributed by atoms with van der Waals surface area (Å²) in [7, 11) is 0. The third-order valence-corrected chi connectivity index (χ3v) is 2.53. The summed E-state index contributed by atoms with van der Waals surface area (Å²) in [6.07, 6.45) is 5.74. The van der Waals surface area contributed by atoms with Gasteiger partial charge in [0, 0.05) is 0 Å². The molecule has 0 spiro atoms. The zero-order valence-electron chi connectivity index (χ0n) is 12.9. The van der Waals surface area contributed by atoms with E-state index in [1.807, 2.05) is 45.9 Å². The molecule has 0 aliphatic carbocycles. The first-order chi connectivity index (χ1) is 9.17. The summed E-state index contributed by atoms with van der Waals surface area (Å²) < 4.78 is 5.78. The van der Waals surface area contributed by atoms with E-state index >= 15 is 0 Å². The van der Waals surface area contributed by atoms with Crippen LogP contribution in [-0.4, -0.2) is 0 Å². The summed E-state index contributed by atoms with van der Waals surface area (Å²) in [5.74, 6) is 0.878. The minimum Gasteiger partial charge on any atom is -0.489 e. The van der Waals surface area contributed by atoms with Crippen LogP contribution in [0, 0.1) is 6.92 Å². The van der Waals surface area contributed by atoms with Crippen LogP contribution in [0.4, 0.5) is 0 Å². The monoisotopic (exact) mass is 258 g/mol. The van der Waals surface area contributed by atoms with Gasteiger partial charge in [-0.25, -0.2) is 0 Å². The van der Waals surface area contributed by atoms with Crippen LogP contribution in [0.2, 0.25) is 0 Å². The third-order valence-electron chi connectivity index (χ3n) is 2.53. The Hall–Kier alpha value is -1.76. The van der Waals surface area contributed by atoms with E-state index in [0.29, 0.717) is 6.61 Å². The number of hydrogen-bond acceptors (Lipinski definition) is 1. The third kappa shape index (κ3) is 6.66. The first-order valence-electron chi connectivity index (χ1n) is 6.81. The topological polar surface area (TPSA) is 9.23 Å². The Bertz CT molecular complexity index is 422. The van der Waals surface area contributed by atoms with E-state index in [0.717, 1.165) is 11.3 Å². The normalized spacial score (nSPS) is 11.4. The zero-order chi connectivity index (χ0) is 14.7. The zero-order valence-corrected chi connectivity index (χ0v) is 12.9. The van der Waals surface area contributed by atoms with Gasteiger partial charge in [0.05, 0.1) is 0 Å². The van der Waals surface area contributed by atoms with E-state index < -0.39 is 0 Å². The van der Waals surface area contributed by atoms with Gasteiger partial charge in [-0.05, 0) is 38.0 Å². The molecule has 0 aliphatic heterocycles. The summed E-state index contributed by atoms with van der Waals surface area (Å²) in [5.41, 5.74) is 3.49. The Morgan fingerprint density at radius 1 is 1.21 bits per heavy atom. The van der Waals surface area contributed by atoms with Gasteiger partial charge in [-0.3, -0.25) is 0 Å². The Labute approximate surface area is 118 Å². The van der Waals surface area contributed by atoms with Crippen LogP contribution in [0.15, 0.2) is 60.4 Å². The molecule has 0 saturated heterocycles. The van der Waals surface area contributed by atoms with Crippen molar-refractivity contribution >= 4 is 0 Å². The molecule has 0 atom stereocenters. The molecule has 0 aromatic heterocycles. The van der Waals surface area contributed by atoms with E-state index in [1.54, 1.807) is 0 Å². The molecule has 1 heteroatoms. The number of aryl methyl sites for hydroxylation is 1. The predicted molar refractivity (Wildman–Crippen MR) is 85.0 cm³/mol. The van der Waals surface area contributed by atoms with Crippen LogP contribution >= 0.6 is 0 Å². The minimum absolute atomic E-state index is 0.588. The number of rotatable bonds is 5. The second-order valence-electron chi connectivity index (χ2n) is 4.03. The van der Waals surface area contributed by atoms with Crippen LogP contribution in [0.1, 0.15) is 38.8 Å². The molecular formula is C18H26O. The van der Waals surface area contributed by atoms with E-state index in [9.17, 15) is 0 Å². The van der Waals surface area contributed by atoms with Gasteiger partial charge in [0.1, 0.15) is 12.4 Å². The lowest BCUT2D eigenvalue weighted by Gasteiger charge is -2.09. The van der Waals surface area contributed by atoms with Gasteiger partial charge >= 0.3 is 0 Å². The van der Waals surface area contributed by atoms with Crippen molar-refractivity contribution in [1.29, 1.82) is 0 Å². The molecule has 19 heavy (non-hydrogen) atoms. The summed E-state index contributed by atoms with van der Waals surface area (Å²) in [5, 5.41) is 0. The van der Waals surface area contributed by atoms with Crippen LogP contribution < -0.4 is 0 Å². The van der Waals surface area contributed by atoms with E-state index in [1.165, 1.54) is 11.1 Å². The highest BCUT2D eigenvalue weighted by Gasteiger charge is 1.99. The lowest BCUT2D eigenvalue weighted by atomic mass is 10.2. The van der Waals surface area contributed by atoms with Crippen molar-refractivity contribution in [1.82, 2.24) is 0 Å². The molecule has 0 heterocycles. The predicted octanol–water partition coefficient (Wildman–Crippen LogP) is 5.57. The Kier molecular flexibility index (Phi) is 9.25. The van der Waals surface area contributed by atoms with Crippen molar-refractivity contribution in [3.63, 3.8) is 0 Å². The van der Waals surface area contributed by atoms with Gasteiger partial charge < -0.3 is 4.74 Å². The number of benzene rings is 1. The van der Waals surface area contributed by atoms with Gasteiger partial charge in [0.25, 0.3) is 0 Å². The molecule has 1 rings (SSSR count). The first-order valence-corrected chi connectivity index (χ1v) is 6.81. The highest BCUT2D eigenvalue weighted by molar-refractivity contribution is 5.27. The number of allylic oxidation sites excluding steroid dienone is 4. The van der Waals surface area contributed by atoms with Crippen molar-refractivity contribution in [2.75, 3.05) is 0 Å². The Morgan fingerprint density at radius 2 is 1.79 bits per heavy atom. The summed E-state index contributed by atoms with van der Waals surface area (Å²) in [4.78, 5) is 0. The van der Waals surface area contributed by atoms with Gasteiger partial charge in [-0.2, -0.15) is 0 Å².